The molecule has 1 amide bonds. The summed E-state index contributed by atoms with van der Waals surface area (Å²) in [5.41, 5.74) is 4.04. The number of hydrogen-bond acceptors (Lipinski definition) is 7. The van der Waals surface area contributed by atoms with Crippen molar-refractivity contribution in [1.29, 1.82) is 0 Å². The molecule has 1 N–H and O–H groups in total. The molecule has 0 atom stereocenters. The van der Waals surface area contributed by atoms with Crippen molar-refractivity contribution in [3.63, 3.8) is 0 Å². The van der Waals surface area contributed by atoms with Gasteiger partial charge in [-0.3, -0.25) is 9.78 Å². The summed E-state index contributed by atoms with van der Waals surface area (Å²) in [4.78, 5) is 27.6. The van der Waals surface area contributed by atoms with Gasteiger partial charge in [0.15, 0.2) is 6.61 Å². The molecule has 6 rings (SSSR count). The molecule has 2 aromatic heterocycles. The number of para-hydroxylation sites is 1. The highest BCUT2D eigenvalue weighted by Gasteiger charge is 2.26. The molecule has 3 heterocycles. The number of aromatic nitrogens is 3. The van der Waals surface area contributed by atoms with Crippen molar-refractivity contribution < 1.29 is 14.3 Å². The number of nitrogens with one attached hydrogen (secondary N) is 1. The monoisotopic (exact) mass is 501 g/mol. The topological polar surface area (TPSA) is 89.5 Å². The zero-order valence-corrected chi connectivity index (χ0v) is 20.3. The first-order valence-corrected chi connectivity index (χ1v) is 12.1. The molecule has 0 saturated heterocycles. The molecular formula is C30H23N5O3. The largest absolute Gasteiger partial charge is 0.482 e. The van der Waals surface area contributed by atoms with Crippen molar-refractivity contribution in [2.75, 3.05) is 16.8 Å². The van der Waals surface area contributed by atoms with E-state index in [9.17, 15) is 4.79 Å². The molecule has 0 saturated carbocycles. The van der Waals surface area contributed by atoms with Crippen molar-refractivity contribution in [3.8, 4) is 28.5 Å². The van der Waals surface area contributed by atoms with Crippen molar-refractivity contribution in [1.82, 2.24) is 15.0 Å². The Balaban J connectivity index is 1.24. The van der Waals surface area contributed by atoms with Gasteiger partial charge in [0, 0.05) is 35.9 Å². The number of rotatable bonds is 7. The summed E-state index contributed by atoms with van der Waals surface area (Å²) in [7, 11) is 0. The van der Waals surface area contributed by atoms with Crippen LogP contribution in [0.3, 0.4) is 0 Å². The van der Waals surface area contributed by atoms with E-state index in [0.29, 0.717) is 35.4 Å². The summed E-state index contributed by atoms with van der Waals surface area (Å²) in [6.07, 6.45) is 5.14. The summed E-state index contributed by atoms with van der Waals surface area (Å²) in [5.74, 6) is 2.46. The van der Waals surface area contributed by atoms with Crippen molar-refractivity contribution >= 4 is 23.2 Å². The zero-order valence-electron chi connectivity index (χ0n) is 20.3. The van der Waals surface area contributed by atoms with Crippen LogP contribution in [0.1, 0.15) is 5.56 Å². The number of ether oxygens (including phenoxy) is 2. The van der Waals surface area contributed by atoms with Gasteiger partial charge in [-0.1, -0.05) is 24.3 Å². The molecule has 38 heavy (non-hydrogen) atoms. The van der Waals surface area contributed by atoms with E-state index < -0.39 is 0 Å². The second kappa shape index (κ2) is 10.4. The number of carbonyl (C=O) groups excluding carboxylic acids is 1. The summed E-state index contributed by atoms with van der Waals surface area (Å²) >= 11 is 0. The maximum atomic E-state index is 12.7. The standard InChI is InChI=1S/C30H23N5O3/c36-29-20-37-28-10-9-22(17-27(28)35(29)19-21-11-14-31-15-12-21)26-13-16-32-30(34-26)33-23-5-4-8-25(18-23)38-24-6-2-1-3-7-24/h1-18H,19-20H2,(H,32,33,34). The number of pyridine rings is 1. The van der Waals surface area contributed by atoms with E-state index in [0.717, 1.165) is 22.6 Å². The molecule has 8 heteroatoms. The Kier molecular flexibility index (Phi) is 6.34. The third kappa shape index (κ3) is 5.15. The van der Waals surface area contributed by atoms with Gasteiger partial charge in [0.1, 0.15) is 17.2 Å². The number of hydrogen-bond donors (Lipinski definition) is 1. The number of fused-ring (bicyclic) bond motifs is 1. The second-order valence-corrected chi connectivity index (χ2v) is 8.64. The molecule has 1 aliphatic heterocycles. The maximum Gasteiger partial charge on any atom is 0.265 e. The fourth-order valence-corrected chi connectivity index (χ4v) is 4.18. The van der Waals surface area contributed by atoms with Gasteiger partial charge < -0.3 is 19.7 Å². The number of benzene rings is 3. The van der Waals surface area contributed by atoms with Crippen LogP contribution in [0, 0.1) is 0 Å². The molecule has 5 aromatic rings. The highest BCUT2D eigenvalue weighted by Crippen LogP contribution is 2.36. The van der Waals surface area contributed by atoms with Crippen LogP contribution in [0.5, 0.6) is 17.2 Å². The Labute approximate surface area is 219 Å². The summed E-state index contributed by atoms with van der Waals surface area (Å²) in [6, 6.07) is 28.6. The van der Waals surface area contributed by atoms with Crippen LogP contribution < -0.4 is 19.7 Å². The number of amides is 1. The quantitative estimate of drug-likeness (QED) is 0.293. The molecule has 0 fully saturated rings. The minimum atomic E-state index is -0.103. The minimum absolute atomic E-state index is 0.00601. The first-order chi connectivity index (χ1) is 18.7. The SMILES string of the molecule is O=C1COc2ccc(-c3ccnc(Nc4cccc(Oc5ccccc5)c4)n3)cc2N1Cc1ccncc1. The van der Waals surface area contributed by atoms with Gasteiger partial charge in [-0.25, -0.2) is 9.97 Å². The van der Waals surface area contributed by atoms with Gasteiger partial charge in [-0.2, -0.15) is 0 Å². The summed E-state index contributed by atoms with van der Waals surface area (Å²) in [5, 5.41) is 3.25. The number of nitrogens with zero attached hydrogens (tertiary/aromatic N) is 4. The Morgan fingerprint density at radius 1 is 0.868 bits per heavy atom. The van der Waals surface area contributed by atoms with E-state index >= 15 is 0 Å². The second-order valence-electron chi connectivity index (χ2n) is 8.64. The minimum Gasteiger partial charge on any atom is -0.482 e. The van der Waals surface area contributed by atoms with Crippen LogP contribution >= 0.6 is 0 Å². The molecule has 0 unspecified atom stereocenters. The molecule has 1 aliphatic rings. The lowest BCUT2D eigenvalue weighted by Crippen LogP contribution is -2.38. The normalized spacial score (nSPS) is 12.4. The molecule has 0 aliphatic carbocycles. The fraction of sp³-hybridized carbons (Fsp3) is 0.0667. The van der Waals surface area contributed by atoms with E-state index in [1.807, 2.05) is 91.0 Å². The molecule has 0 radical (unpaired) electrons. The molecule has 3 aromatic carbocycles. The summed E-state index contributed by atoms with van der Waals surface area (Å²) in [6.45, 7) is 0.436. The summed E-state index contributed by atoms with van der Waals surface area (Å²) < 4.78 is 11.6. The van der Waals surface area contributed by atoms with Crippen LogP contribution in [0.4, 0.5) is 17.3 Å². The van der Waals surface area contributed by atoms with Gasteiger partial charge in [0.2, 0.25) is 5.95 Å². The lowest BCUT2D eigenvalue weighted by atomic mass is 10.1. The third-order valence-corrected chi connectivity index (χ3v) is 6.01. The van der Waals surface area contributed by atoms with Gasteiger partial charge in [0.05, 0.1) is 17.9 Å². The van der Waals surface area contributed by atoms with Gasteiger partial charge in [0.25, 0.3) is 5.91 Å². The Hall–Kier alpha value is -5.24. The van der Waals surface area contributed by atoms with E-state index in [4.69, 9.17) is 14.5 Å². The highest BCUT2D eigenvalue weighted by molar-refractivity contribution is 5.98. The van der Waals surface area contributed by atoms with Crippen LogP contribution in [0.15, 0.2) is 110 Å². The molecule has 0 spiro atoms. The smallest absolute Gasteiger partial charge is 0.265 e. The molecule has 186 valence electrons. The van der Waals surface area contributed by atoms with Gasteiger partial charge >= 0.3 is 0 Å². The first-order valence-electron chi connectivity index (χ1n) is 12.1. The Morgan fingerprint density at radius 2 is 1.71 bits per heavy atom. The van der Waals surface area contributed by atoms with E-state index in [-0.39, 0.29) is 12.5 Å². The highest BCUT2D eigenvalue weighted by atomic mass is 16.5. The molecule has 0 bridgehead atoms. The van der Waals surface area contributed by atoms with E-state index in [1.54, 1.807) is 23.5 Å². The van der Waals surface area contributed by atoms with Gasteiger partial charge in [-0.15, -0.1) is 0 Å². The van der Waals surface area contributed by atoms with E-state index in [2.05, 4.69) is 15.3 Å². The number of carbonyl (C=O) groups is 1. The molecule has 8 nitrogen and oxygen atoms in total. The van der Waals surface area contributed by atoms with E-state index in [1.165, 1.54) is 0 Å². The molecular weight excluding hydrogens is 478 g/mol. The Bertz CT molecular complexity index is 1580. The lowest BCUT2D eigenvalue weighted by Gasteiger charge is -2.30. The predicted molar refractivity (Wildman–Crippen MR) is 145 cm³/mol. The predicted octanol–water partition coefficient (Wildman–Crippen LogP) is 6.00. The Morgan fingerprint density at radius 3 is 2.58 bits per heavy atom. The van der Waals surface area contributed by atoms with Crippen LogP contribution in [-0.2, 0) is 11.3 Å². The first kappa shape index (κ1) is 23.2. The number of anilines is 3. The zero-order chi connectivity index (χ0) is 25.7. The van der Waals surface area contributed by atoms with Crippen molar-refractivity contribution in [2.45, 2.75) is 6.54 Å². The van der Waals surface area contributed by atoms with Crippen LogP contribution in [0.25, 0.3) is 11.3 Å². The average molecular weight is 502 g/mol. The van der Waals surface area contributed by atoms with Crippen molar-refractivity contribution in [2.24, 2.45) is 0 Å². The van der Waals surface area contributed by atoms with Crippen molar-refractivity contribution in [3.05, 3.63) is 115 Å². The van der Waals surface area contributed by atoms with Crippen LogP contribution in [-0.4, -0.2) is 27.5 Å². The maximum absolute atomic E-state index is 12.7. The average Bonchev–Trinajstić information content (AvgIpc) is 2.96. The van der Waals surface area contributed by atoms with Gasteiger partial charge in [-0.05, 0) is 66.2 Å². The van der Waals surface area contributed by atoms with Crippen LogP contribution in [0.2, 0.25) is 0 Å². The fourth-order valence-electron chi connectivity index (χ4n) is 4.18. The third-order valence-electron chi connectivity index (χ3n) is 6.01. The lowest BCUT2D eigenvalue weighted by molar-refractivity contribution is -0.121.